The van der Waals surface area contributed by atoms with E-state index >= 15 is 0 Å². The maximum atomic E-state index is 13.0. The summed E-state index contributed by atoms with van der Waals surface area (Å²) in [5, 5.41) is 3.90. The third-order valence-corrected chi connectivity index (χ3v) is 4.62. The highest BCUT2D eigenvalue weighted by atomic mass is 19.1. The van der Waals surface area contributed by atoms with Crippen LogP contribution in [-0.2, 0) is 6.42 Å². The normalized spacial score (nSPS) is 12.3. The van der Waals surface area contributed by atoms with Crippen molar-refractivity contribution in [2.24, 2.45) is 0 Å². The predicted octanol–water partition coefficient (Wildman–Crippen LogP) is 4.98. The number of fused-ring (bicyclic) bond motifs is 1. The summed E-state index contributed by atoms with van der Waals surface area (Å²) in [6.45, 7) is 6.46. The number of halogens is 1. The Hall–Kier alpha value is -2.62. The van der Waals surface area contributed by atoms with Gasteiger partial charge in [-0.2, -0.15) is 0 Å². The van der Waals surface area contributed by atoms with Crippen LogP contribution in [0.15, 0.2) is 46.9 Å². The van der Waals surface area contributed by atoms with Gasteiger partial charge < -0.3 is 9.73 Å². The average molecular weight is 339 g/mol. The first-order valence-corrected chi connectivity index (χ1v) is 8.55. The molecule has 0 aliphatic carbocycles. The molecule has 1 N–H and O–H groups in total. The quantitative estimate of drug-likeness (QED) is 0.712. The zero-order valence-electron chi connectivity index (χ0n) is 14.7. The van der Waals surface area contributed by atoms with Crippen molar-refractivity contribution in [2.45, 2.75) is 33.1 Å². The Morgan fingerprint density at radius 1 is 1.20 bits per heavy atom. The van der Waals surface area contributed by atoms with Crippen LogP contribution in [0.5, 0.6) is 0 Å². The lowest BCUT2D eigenvalue weighted by atomic mass is 10.0. The highest BCUT2D eigenvalue weighted by Crippen LogP contribution is 2.26. The first-order chi connectivity index (χ1) is 12.0. The van der Waals surface area contributed by atoms with E-state index in [2.05, 4.69) is 18.3 Å². The topological polar surface area (TPSA) is 42.2 Å². The van der Waals surface area contributed by atoms with Crippen molar-refractivity contribution in [3.63, 3.8) is 0 Å². The summed E-state index contributed by atoms with van der Waals surface area (Å²) >= 11 is 0. The first kappa shape index (κ1) is 17.2. The van der Waals surface area contributed by atoms with Gasteiger partial charge in [-0.05, 0) is 54.7 Å². The molecule has 1 amide bonds. The molecule has 0 aliphatic rings. The molecule has 130 valence electrons. The fourth-order valence-corrected chi connectivity index (χ4v) is 2.94. The van der Waals surface area contributed by atoms with Gasteiger partial charge in [-0.3, -0.25) is 4.79 Å². The SMILES string of the molecule is CCc1ccc2oc(C(=O)NCC(C)c3ccc(F)cc3)c(C)c2c1. The summed E-state index contributed by atoms with van der Waals surface area (Å²) in [7, 11) is 0. The predicted molar refractivity (Wildman–Crippen MR) is 97.5 cm³/mol. The van der Waals surface area contributed by atoms with E-state index in [9.17, 15) is 9.18 Å². The van der Waals surface area contributed by atoms with Crippen molar-refractivity contribution in [3.8, 4) is 0 Å². The van der Waals surface area contributed by atoms with Gasteiger partial charge >= 0.3 is 0 Å². The van der Waals surface area contributed by atoms with Gasteiger partial charge in [0, 0.05) is 17.5 Å². The van der Waals surface area contributed by atoms with Crippen LogP contribution in [0.1, 0.15) is 47.0 Å². The number of rotatable bonds is 5. The van der Waals surface area contributed by atoms with E-state index < -0.39 is 0 Å². The molecule has 2 aromatic carbocycles. The number of aryl methyl sites for hydroxylation is 2. The van der Waals surface area contributed by atoms with Crippen LogP contribution in [0.2, 0.25) is 0 Å². The fourth-order valence-electron chi connectivity index (χ4n) is 2.94. The zero-order chi connectivity index (χ0) is 18.0. The van der Waals surface area contributed by atoms with E-state index in [-0.39, 0.29) is 17.6 Å². The molecule has 0 spiro atoms. The van der Waals surface area contributed by atoms with E-state index in [1.165, 1.54) is 17.7 Å². The Balaban J connectivity index is 1.73. The van der Waals surface area contributed by atoms with Crippen molar-refractivity contribution < 1.29 is 13.6 Å². The summed E-state index contributed by atoms with van der Waals surface area (Å²) in [4.78, 5) is 12.5. The van der Waals surface area contributed by atoms with Gasteiger partial charge in [0.15, 0.2) is 5.76 Å². The molecule has 1 heterocycles. The van der Waals surface area contributed by atoms with Crippen LogP contribution >= 0.6 is 0 Å². The van der Waals surface area contributed by atoms with Crippen LogP contribution < -0.4 is 5.32 Å². The Morgan fingerprint density at radius 3 is 2.60 bits per heavy atom. The highest BCUT2D eigenvalue weighted by Gasteiger charge is 2.18. The Labute approximate surface area is 146 Å². The second-order valence-electron chi connectivity index (χ2n) is 6.40. The zero-order valence-corrected chi connectivity index (χ0v) is 14.7. The number of nitrogens with one attached hydrogen (secondary N) is 1. The lowest BCUT2D eigenvalue weighted by Gasteiger charge is -2.12. The second-order valence-corrected chi connectivity index (χ2v) is 6.40. The van der Waals surface area contributed by atoms with E-state index in [0.717, 1.165) is 28.5 Å². The van der Waals surface area contributed by atoms with Crippen LogP contribution in [0.3, 0.4) is 0 Å². The smallest absolute Gasteiger partial charge is 0.287 e. The average Bonchev–Trinajstić information content (AvgIpc) is 2.96. The van der Waals surface area contributed by atoms with Crippen molar-refractivity contribution in [1.29, 1.82) is 0 Å². The molecular weight excluding hydrogens is 317 g/mol. The van der Waals surface area contributed by atoms with Crippen molar-refractivity contribution in [1.82, 2.24) is 5.32 Å². The van der Waals surface area contributed by atoms with Crippen molar-refractivity contribution >= 4 is 16.9 Å². The third kappa shape index (κ3) is 3.58. The molecule has 4 heteroatoms. The Morgan fingerprint density at radius 2 is 1.92 bits per heavy atom. The number of hydrogen-bond donors (Lipinski definition) is 1. The van der Waals surface area contributed by atoms with E-state index in [1.54, 1.807) is 12.1 Å². The van der Waals surface area contributed by atoms with Crippen molar-refractivity contribution in [3.05, 3.63) is 70.7 Å². The summed E-state index contributed by atoms with van der Waals surface area (Å²) in [5.74, 6) is -0.0412. The van der Waals surface area contributed by atoms with Gasteiger partial charge in [-0.25, -0.2) is 4.39 Å². The van der Waals surface area contributed by atoms with Crippen LogP contribution in [0.25, 0.3) is 11.0 Å². The Kier molecular flexibility index (Phi) is 4.88. The molecule has 1 aromatic heterocycles. The molecule has 0 saturated heterocycles. The molecule has 0 fully saturated rings. The van der Waals surface area contributed by atoms with E-state index in [1.807, 2.05) is 26.0 Å². The fraction of sp³-hybridized carbons (Fsp3) is 0.286. The minimum Gasteiger partial charge on any atom is -0.451 e. The van der Waals surface area contributed by atoms with Crippen LogP contribution in [-0.4, -0.2) is 12.5 Å². The number of carbonyl (C=O) groups is 1. The second kappa shape index (κ2) is 7.09. The number of carbonyl (C=O) groups excluding carboxylic acids is 1. The molecule has 0 aliphatic heterocycles. The van der Waals surface area contributed by atoms with E-state index in [4.69, 9.17) is 4.42 Å². The summed E-state index contributed by atoms with van der Waals surface area (Å²) in [6, 6.07) is 12.4. The third-order valence-electron chi connectivity index (χ3n) is 4.62. The van der Waals surface area contributed by atoms with Gasteiger partial charge in [-0.15, -0.1) is 0 Å². The molecule has 0 saturated carbocycles. The maximum Gasteiger partial charge on any atom is 0.287 e. The number of amides is 1. The molecule has 3 nitrogen and oxygen atoms in total. The monoisotopic (exact) mass is 339 g/mol. The first-order valence-electron chi connectivity index (χ1n) is 8.55. The van der Waals surface area contributed by atoms with Gasteiger partial charge in [0.2, 0.25) is 0 Å². The number of hydrogen-bond acceptors (Lipinski definition) is 2. The van der Waals surface area contributed by atoms with E-state index in [0.29, 0.717) is 12.3 Å². The van der Waals surface area contributed by atoms with Crippen molar-refractivity contribution in [2.75, 3.05) is 6.54 Å². The van der Waals surface area contributed by atoms with Gasteiger partial charge in [0.05, 0.1) is 0 Å². The lowest BCUT2D eigenvalue weighted by Crippen LogP contribution is -2.27. The summed E-state index contributed by atoms with van der Waals surface area (Å²) in [6.07, 6.45) is 0.942. The highest BCUT2D eigenvalue weighted by molar-refractivity contribution is 5.99. The molecule has 1 atom stereocenters. The van der Waals surface area contributed by atoms with Gasteiger partial charge in [0.1, 0.15) is 11.4 Å². The number of benzene rings is 2. The lowest BCUT2D eigenvalue weighted by molar-refractivity contribution is 0.0925. The molecule has 3 aromatic rings. The number of furan rings is 1. The minimum atomic E-state index is -0.260. The molecule has 1 unspecified atom stereocenters. The minimum absolute atomic E-state index is 0.0842. The Bertz CT molecular complexity index is 896. The van der Waals surface area contributed by atoms with Gasteiger partial charge in [-0.1, -0.05) is 32.0 Å². The van der Waals surface area contributed by atoms with Gasteiger partial charge in [0.25, 0.3) is 5.91 Å². The molecule has 0 radical (unpaired) electrons. The van der Waals surface area contributed by atoms with Crippen LogP contribution in [0, 0.1) is 12.7 Å². The maximum absolute atomic E-state index is 13.0. The molecular formula is C21H22FNO2. The molecule has 3 rings (SSSR count). The summed E-state index contributed by atoms with van der Waals surface area (Å²) in [5.41, 5.74) is 3.78. The van der Waals surface area contributed by atoms with Crippen LogP contribution in [0.4, 0.5) is 4.39 Å². The largest absolute Gasteiger partial charge is 0.451 e. The molecule has 0 bridgehead atoms. The standard InChI is InChI=1S/C21H22FNO2/c1-4-15-5-10-19-18(11-15)14(3)20(25-19)21(24)23-12-13(2)16-6-8-17(22)9-7-16/h5-11,13H,4,12H2,1-3H3,(H,23,24). The molecule has 25 heavy (non-hydrogen) atoms. The summed E-state index contributed by atoms with van der Waals surface area (Å²) < 4.78 is 18.8.